The van der Waals surface area contributed by atoms with Crippen molar-refractivity contribution in [1.82, 2.24) is 54.7 Å². The van der Waals surface area contributed by atoms with E-state index in [-0.39, 0.29) is 54.2 Å². The van der Waals surface area contributed by atoms with Crippen LogP contribution in [0.2, 0.25) is 0 Å². The van der Waals surface area contributed by atoms with Gasteiger partial charge in [0.2, 0.25) is 29.7 Å². The van der Waals surface area contributed by atoms with Crippen LogP contribution in [-0.2, 0) is 36.6 Å². The molecule has 2 aliphatic heterocycles. The monoisotopic (exact) mass is 1070 g/mol. The summed E-state index contributed by atoms with van der Waals surface area (Å²) < 4.78 is 19.9. The molecule has 2 amide bonds. The number of hydrogen-bond donors (Lipinski definition) is 5. The molecule has 5 heterocycles. The lowest BCUT2D eigenvalue weighted by Gasteiger charge is -2.38. The smallest absolute Gasteiger partial charge is 0.247 e. The molecule has 412 valence electrons. The number of rotatable bonds is 27. The zero-order valence-corrected chi connectivity index (χ0v) is 44.9. The van der Waals surface area contributed by atoms with E-state index in [9.17, 15) is 19.8 Å². The van der Waals surface area contributed by atoms with Gasteiger partial charge in [0.25, 0.3) is 0 Å². The molecule has 0 radical (unpaired) electrons. The molecule has 2 fully saturated rings. The summed E-state index contributed by atoms with van der Waals surface area (Å²) in [6.07, 6.45) is 11.3. The number of anilines is 3. The first-order valence-corrected chi connectivity index (χ1v) is 26.0. The minimum atomic E-state index is -0.578. The lowest BCUT2D eigenvalue weighted by atomic mass is 9.97. The van der Waals surface area contributed by atoms with E-state index in [1.807, 2.05) is 47.9 Å². The predicted octanol–water partition coefficient (Wildman–Crippen LogP) is 3.34. The normalized spacial score (nSPS) is 16.3. The van der Waals surface area contributed by atoms with Gasteiger partial charge in [-0.05, 0) is 60.1 Å². The topological polar surface area (TPSA) is 279 Å². The van der Waals surface area contributed by atoms with Crippen LogP contribution in [0.15, 0.2) is 60.9 Å². The van der Waals surface area contributed by atoms with Gasteiger partial charge in [-0.15, -0.1) is 29.0 Å². The highest BCUT2D eigenvalue weighted by molar-refractivity contribution is 5.85. The van der Waals surface area contributed by atoms with Crippen molar-refractivity contribution in [2.24, 2.45) is 23.3 Å². The second-order valence-corrected chi connectivity index (χ2v) is 19.2. The standard InChI is InChI=1S/C52H74N16O7.ClH/c1-6-26-73-28-30-75-31-29-74-27-17-55-50-56-51(65-22-18-63(19-23-65)48(71)46(36(4)7-2)67-34-44(59-61-67)42(53)32-38-9-13-40(69)14-10-38)58-52(57-50)66-24-20-64(21-25-66)49(72)47(37(5)8-3)68-35-45(60-62-68)43(54)33-39-11-15-41(70)16-12-39;/h1,9-16,34-37,42-43,46-47,69-70H,7-8,17-33,53-54H2,2-5H3,(H,55,56,57,58);1H/t36-,37-,42-,43-,46-,47-;/m0./s1. The number of carbonyl (C=O) groups is 2. The Bertz CT molecular complexity index is 2450. The molecule has 2 aliphatic rings. The molecule has 76 heavy (non-hydrogen) atoms. The number of hydrogen-bond acceptors (Lipinski definition) is 19. The molecule has 2 saturated heterocycles. The summed E-state index contributed by atoms with van der Waals surface area (Å²) in [6, 6.07) is 11.7. The summed E-state index contributed by atoms with van der Waals surface area (Å²) in [5.74, 6) is 3.95. The Morgan fingerprint density at radius 3 is 1.46 bits per heavy atom. The summed E-state index contributed by atoms with van der Waals surface area (Å²) in [5.41, 5.74) is 16.2. The molecular weight excluding hydrogens is 996 g/mol. The molecule has 3 aromatic heterocycles. The fourth-order valence-corrected chi connectivity index (χ4v) is 9.00. The zero-order chi connectivity index (χ0) is 53.3. The number of nitrogens with zero attached hydrogens (tertiary/aromatic N) is 13. The Morgan fingerprint density at radius 1 is 0.645 bits per heavy atom. The minimum absolute atomic E-state index is 0. The first kappa shape index (κ1) is 58.6. The van der Waals surface area contributed by atoms with Gasteiger partial charge in [-0.1, -0.05) is 81.1 Å². The number of terminal acetylenes is 1. The van der Waals surface area contributed by atoms with Gasteiger partial charge < -0.3 is 60.8 Å². The second-order valence-electron chi connectivity index (χ2n) is 19.2. The van der Waals surface area contributed by atoms with Crippen LogP contribution in [0.25, 0.3) is 0 Å². The van der Waals surface area contributed by atoms with Gasteiger partial charge in [0.1, 0.15) is 30.2 Å². The molecule has 0 bridgehead atoms. The van der Waals surface area contributed by atoms with Crippen molar-refractivity contribution in [3.05, 3.63) is 83.4 Å². The van der Waals surface area contributed by atoms with E-state index in [2.05, 4.69) is 55.5 Å². The Morgan fingerprint density at radius 2 is 1.05 bits per heavy atom. The van der Waals surface area contributed by atoms with Crippen LogP contribution < -0.4 is 26.6 Å². The van der Waals surface area contributed by atoms with E-state index in [4.69, 9.17) is 47.1 Å². The van der Waals surface area contributed by atoms with Gasteiger partial charge in [-0.2, -0.15) is 15.0 Å². The highest BCUT2D eigenvalue weighted by Crippen LogP contribution is 2.29. The summed E-state index contributed by atoms with van der Waals surface area (Å²) in [7, 11) is 0. The van der Waals surface area contributed by atoms with Crippen LogP contribution >= 0.6 is 12.4 Å². The van der Waals surface area contributed by atoms with Crippen molar-refractivity contribution in [3.63, 3.8) is 0 Å². The first-order chi connectivity index (χ1) is 36.3. The van der Waals surface area contributed by atoms with Crippen molar-refractivity contribution in [3.8, 4) is 23.8 Å². The fraction of sp³-hybridized carbons (Fsp3) is 0.558. The highest BCUT2D eigenvalue weighted by atomic mass is 35.5. The highest BCUT2D eigenvalue weighted by Gasteiger charge is 2.36. The third-order valence-corrected chi connectivity index (χ3v) is 13.9. The van der Waals surface area contributed by atoms with E-state index in [0.717, 1.165) is 24.0 Å². The van der Waals surface area contributed by atoms with Crippen molar-refractivity contribution < 1.29 is 34.0 Å². The number of piperazine rings is 2. The summed E-state index contributed by atoms with van der Waals surface area (Å²) in [5, 5.41) is 40.4. The number of phenols is 2. The fourth-order valence-electron chi connectivity index (χ4n) is 9.00. The van der Waals surface area contributed by atoms with Gasteiger partial charge in [0.15, 0.2) is 0 Å². The first-order valence-electron chi connectivity index (χ1n) is 26.0. The largest absolute Gasteiger partial charge is 0.508 e. The maximum atomic E-state index is 14.4. The number of carbonyl (C=O) groups excluding carboxylic acids is 2. The van der Waals surface area contributed by atoms with Crippen LogP contribution in [0.3, 0.4) is 0 Å². The Balaban J connectivity index is 0.00000937. The molecule has 0 spiro atoms. The van der Waals surface area contributed by atoms with E-state index in [0.29, 0.717) is 134 Å². The molecule has 2 aromatic carbocycles. The maximum absolute atomic E-state index is 14.4. The number of nitrogens with one attached hydrogen (secondary N) is 1. The average Bonchev–Trinajstić information content (AvgIpc) is 4.13. The quantitative estimate of drug-likeness (QED) is 0.0372. The minimum Gasteiger partial charge on any atom is -0.508 e. The molecule has 0 saturated carbocycles. The number of benzene rings is 2. The van der Waals surface area contributed by atoms with E-state index in [1.54, 1.807) is 46.0 Å². The zero-order valence-electron chi connectivity index (χ0n) is 44.1. The number of aromatic hydroxyl groups is 2. The molecule has 5 aromatic rings. The van der Waals surface area contributed by atoms with Crippen LogP contribution in [0, 0.1) is 24.2 Å². The van der Waals surface area contributed by atoms with Gasteiger partial charge in [-0.3, -0.25) is 9.59 Å². The van der Waals surface area contributed by atoms with Crippen LogP contribution in [0.4, 0.5) is 17.8 Å². The SMILES string of the molecule is C#CCOCCOCCOCCNc1nc(N2CCN(C(=O)[C@H]([C@@H](C)CC)n3cc([C@@H](N)Cc4ccc(O)cc4)nn3)CC2)nc(N2CCN(C(=O)[C@H]([C@@H](C)CC)n3cc([C@@H](N)Cc4ccc(O)cc4)nn3)CC2)n1.Cl. The Kier molecular flexibility index (Phi) is 22.4. The van der Waals surface area contributed by atoms with Crippen LogP contribution in [0.5, 0.6) is 11.5 Å². The number of aromatic nitrogens is 9. The number of nitrogens with two attached hydrogens (primary N) is 2. The predicted molar refractivity (Wildman–Crippen MR) is 289 cm³/mol. The Labute approximate surface area is 451 Å². The number of phenolic OH excluding ortho intramolecular Hbond substituents is 2. The second kappa shape index (κ2) is 29.0. The number of amides is 2. The van der Waals surface area contributed by atoms with Crippen molar-refractivity contribution in [2.75, 3.05) is 114 Å². The molecule has 23 nitrogen and oxygen atoms in total. The summed E-state index contributed by atoms with van der Waals surface area (Å²) >= 11 is 0. The molecule has 24 heteroatoms. The molecule has 0 unspecified atom stereocenters. The molecule has 7 rings (SSSR count). The van der Waals surface area contributed by atoms with Crippen LogP contribution in [-0.4, -0.2) is 175 Å². The van der Waals surface area contributed by atoms with Crippen LogP contribution in [0.1, 0.15) is 87.2 Å². The average molecular weight is 1070 g/mol. The summed E-state index contributed by atoms with van der Waals surface area (Å²) in [4.78, 5) is 51.4. The van der Waals surface area contributed by atoms with Gasteiger partial charge >= 0.3 is 0 Å². The number of ether oxygens (including phenoxy) is 3. The molecule has 0 aliphatic carbocycles. The maximum Gasteiger partial charge on any atom is 0.247 e. The van der Waals surface area contributed by atoms with Gasteiger partial charge in [-0.25, -0.2) is 9.36 Å². The summed E-state index contributed by atoms with van der Waals surface area (Å²) in [6.45, 7) is 14.5. The molecular formula is C52H75ClN16O7. The lowest BCUT2D eigenvalue weighted by Crippen LogP contribution is -2.52. The molecule has 6 atom stereocenters. The van der Waals surface area contributed by atoms with E-state index < -0.39 is 24.2 Å². The van der Waals surface area contributed by atoms with Crippen molar-refractivity contribution in [1.29, 1.82) is 0 Å². The molecule has 7 N–H and O–H groups in total. The lowest BCUT2D eigenvalue weighted by molar-refractivity contribution is -0.137. The van der Waals surface area contributed by atoms with E-state index >= 15 is 0 Å². The van der Waals surface area contributed by atoms with Crippen molar-refractivity contribution >= 4 is 42.1 Å². The third kappa shape index (κ3) is 15.9. The van der Waals surface area contributed by atoms with Gasteiger partial charge in [0, 0.05) is 58.9 Å². The van der Waals surface area contributed by atoms with E-state index in [1.165, 1.54) is 0 Å². The Hall–Kier alpha value is -6.68. The number of halogens is 1. The van der Waals surface area contributed by atoms with Crippen molar-refractivity contribution in [2.45, 2.75) is 77.5 Å². The van der Waals surface area contributed by atoms with Gasteiger partial charge in [0.05, 0.1) is 68.9 Å². The third-order valence-electron chi connectivity index (χ3n) is 13.9.